The molecule has 2 atom stereocenters. The molecular weight excluding hydrogens is 779 g/mol. The minimum absolute atomic E-state index is 0.0432. The Morgan fingerprint density at radius 1 is 0.951 bits per heavy atom. The molecule has 3 aromatic heterocycles. The van der Waals surface area contributed by atoms with E-state index in [-0.39, 0.29) is 53.4 Å². The van der Waals surface area contributed by atoms with Gasteiger partial charge in [0.25, 0.3) is 17.7 Å². The van der Waals surface area contributed by atoms with Gasteiger partial charge >= 0.3 is 0 Å². The fourth-order valence-electron chi connectivity index (χ4n) is 8.97. The van der Waals surface area contributed by atoms with E-state index < -0.39 is 29.7 Å². The van der Waals surface area contributed by atoms with Gasteiger partial charge in [0, 0.05) is 87.3 Å². The van der Waals surface area contributed by atoms with Crippen molar-refractivity contribution in [2.75, 3.05) is 45.7 Å². The van der Waals surface area contributed by atoms with Gasteiger partial charge in [0.15, 0.2) is 0 Å². The molecule has 1 unspecified atom stereocenters. The Hall–Kier alpha value is -6.81. The predicted octanol–water partition coefficient (Wildman–Crippen LogP) is 4.56. The third-order valence-electron chi connectivity index (χ3n) is 12.2. The van der Waals surface area contributed by atoms with Crippen LogP contribution in [0.2, 0.25) is 0 Å². The molecule has 9 rings (SSSR count). The second kappa shape index (κ2) is 16.0. The van der Waals surface area contributed by atoms with Crippen molar-refractivity contribution in [3.63, 3.8) is 0 Å². The largest absolute Gasteiger partial charge is 0.384 e. The number of anilines is 1. The van der Waals surface area contributed by atoms with Gasteiger partial charge in [-0.05, 0) is 68.3 Å². The Morgan fingerprint density at radius 2 is 1.74 bits per heavy atom. The lowest BCUT2D eigenvalue weighted by atomic mass is 9.98. The number of pyridine rings is 2. The topological polar surface area (TPSA) is 189 Å². The first kappa shape index (κ1) is 39.6. The van der Waals surface area contributed by atoms with Crippen molar-refractivity contribution in [3.8, 4) is 22.5 Å². The molecular formula is C45H45N9O7. The normalized spacial score (nSPS) is 19.3. The Morgan fingerprint density at radius 3 is 2.51 bits per heavy atom. The SMILES string of the molecule is C[C@@H]1C(=O)N(C)Cc2c(-c3cccc4cc(-c5ccc(C(=O)N(C)CCCNc6cccc7c6C(=O)N(C6CCC(=O)NC6=O)C7=O)nc5)ncc34)nc(C3CCOCC3)n21. The van der Waals surface area contributed by atoms with Crippen LogP contribution < -0.4 is 10.6 Å². The molecule has 2 fully saturated rings. The number of hydrogen-bond acceptors (Lipinski definition) is 11. The number of amides is 6. The molecule has 4 aliphatic rings. The van der Waals surface area contributed by atoms with Crippen LogP contribution in [-0.4, -0.2) is 116 Å². The number of hydrogen-bond donors (Lipinski definition) is 2. The number of imide groups is 2. The van der Waals surface area contributed by atoms with Crippen molar-refractivity contribution < 1.29 is 33.5 Å². The van der Waals surface area contributed by atoms with E-state index in [0.29, 0.717) is 50.7 Å². The van der Waals surface area contributed by atoms with Gasteiger partial charge in [-0.15, -0.1) is 0 Å². The lowest BCUT2D eigenvalue weighted by Gasteiger charge is -2.32. The molecule has 6 amide bonds. The van der Waals surface area contributed by atoms with Gasteiger partial charge in [-0.3, -0.25) is 49.0 Å². The van der Waals surface area contributed by atoms with Crippen LogP contribution in [0.15, 0.2) is 67.0 Å². The van der Waals surface area contributed by atoms with Crippen molar-refractivity contribution in [1.82, 2.24) is 39.5 Å². The highest BCUT2D eigenvalue weighted by Gasteiger charge is 2.45. The molecule has 5 aromatic rings. The zero-order valence-corrected chi connectivity index (χ0v) is 34.1. The molecule has 16 nitrogen and oxygen atoms in total. The Labute approximate surface area is 351 Å². The van der Waals surface area contributed by atoms with Gasteiger partial charge in [0.05, 0.1) is 34.8 Å². The van der Waals surface area contributed by atoms with Crippen molar-refractivity contribution in [3.05, 3.63) is 95.3 Å². The minimum Gasteiger partial charge on any atom is -0.384 e. The van der Waals surface area contributed by atoms with E-state index >= 15 is 0 Å². The van der Waals surface area contributed by atoms with Crippen molar-refractivity contribution in [2.45, 2.75) is 63.6 Å². The number of benzene rings is 2. The molecule has 312 valence electrons. The number of imidazole rings is 1. The summed E-state index contributed by atoms with van der Waals surface area (Å²) in [5.74, 6) is -1.27. The maximum atomic E-state index is 13.4. The highest BCUT2D eigenvalue weighted by Crippen LogP contribution is 2.40. The van der Waals surface area contributed by atoms with Gasteiger partial charge in [0.1, 0.15) is 23.6 Å². The fourth-order valence-corrected chi connectivity index (χ4v) is 8.97. The number of nitrogens with zero attached hydrogens (tertiary/aromatic N) is 7. The van der Waals surface area contributed by atoms with Crippen LogP contribution in [0, 0.1) is 0 Å². The number of likely N-dealkylation sites (N-methyl/N-ethyl adjacent to an activating group) is 1. The highest BCUT2D eigenvalue weighted by molar-refractivity contribution is 6.25. The zero-order chi connectivity index (χ0) is 42.5. The number of fused-ring (bicyclic) bond motifs is 3. The first-order chi connectivity index (χ1) is 29.5. The molecule has 4 aliphatic heterocycles. The number of piperidine rings is 1. The van der Waals surface area contributed by atoms with E-state index in [1.54, 1.807) is 47.3 Å². The van der Waals surface area contributed by atoms with Crippen LogP contribution in [0.25, 0.3) is 33.3 Å². The molecule has 0 radical (unpaired) electrons. The molecule has 2 aromatic carbocycles. The molecule has 2 saturated heterocycles. The molecule has 16 heteroatoms. The third kappa shape index (κ3) is 7.09. The monoisotopic (exact) mass is 823 g/mol. The first-order valence-corrected chi connectivity index (χ1v) is 20.6. The lowest BCUT2D eigenvalue weighted by molar-refractivity contribution is -0.136. The van der Waals surface area contributed by atoms with E-state index in [9.17, 15) is 28.8 Å². The van der Waals surface area contributed by atoms with Crippen LogP contribution in [0.1, 0.15) is 93.7 Å². The van der Waals surface area contributed by atoms with Crippen LogP contribution >= 0.6 is 0 Å². The van der Waals surface area contributed by atoms with E-state index in [4.69, 9.17) is 14.7 Å². The molecule has 0 saturated carbocycles. The van der Waals surface area contributed by atoms with Gasteiger partial charge in [-0.2, -0.15) is 0 Å². The molecule has 7 heterocycles. The highest BCUT2D eigenvalue weighted by atomic mass is 16.5. The summed E-state index contributed by atoms with van der Waals surface area (Å²) in [6.07, 6.45) is 5.87. The standard InChI is InChI=1S/C45H45N9O7/c1-25-42(57)52(3)24-36-39(50-40(53(25)36)26-15-19-61-20-16-26)29-8-4-7-27-21-34(48-23-31(27)29)28-11-12-33(47-22-28)44(59)51(2)18-6-17-46-32-10-5-9-30-38(32)45(60)54(43(30)58)35-13-14-37(55)49-41(35)56/h4-5,7-12,21-23,25-26,35,46H,6,13-20,24H2,1-3H3,(H,49,55,56)/t25-,35?/m1/s1. The summed E-state index contributed by atoms with van der Waals surface area (Å²) < 4.78 is 7.80. The number of rotatable bonds is 10. The predicted molar refractivity (Wildman–Crippen MR) is 223 cm³/mol. The maximum Gasteiger partial charge on any atom is 0.272 e. The summed E-state index contributed by atoms with van der Waals surface area (Å²) in [5, 5.41) is 7.35. The van der Waals surface area contributed by atoms with Gasteiger partial charge in [-0.1, -0.05) is 24.3 Å². The average molecular weight is 824 g/mol. The summed E-state index contributed by atoms with van der Waals surface area (Å²) in [6.45, 7) is 4.55. The van der Waals surface area contributed by atoms with Gasteiger partial charge in [0.2, 0.25) is 17.7 Å². The summed E-state index contributed by atoms with van der Waals surface area (Å²) in [7, 11) is 3.53. The molecule has 2 N–H and O–H groups in total. The van der Waals surface area contributed by atoms with E-state index in [1.165, 1.54) is 0 Å². The summed E-state index contributed by atoms with van der Waals surface area (Å²) in [5.41, 5.74) is 5.42. The lowest BCUT2D eigenvalue weighted by Crippen LogP contribution is -2.54. The maximum absolute atomic E-state index is 13.4. The Kier molecular flexibility index (Phi) is 10.4. The minimum atomic E-state index is -1.05. The molecule has 61 heavy (non-hydrogen) atoms. The van der Waals surface area contributed by atoms with E-state index in [0.717, 1.165) is 56.9 Å². The number of carbonyl (C=O) groups excluding carboxylic acids is 6. The number of carbonyl (C=O) groups is 6. The summed E-state index contributed by atoms with van der Waals surface area (Å²) in [6, 6.07) is 15.2. The van der Waals surface area contributed by atoms with E-state index in [2.05, 4.69) is 26.3 Å². The van der Waals surface area contributed by atoms with Crippen LogP contribution in [-0.2, 0) is 25.7 Å². The third-order valence-corrected chi connectivity index (χ3v) is 12.2. The van der Waals surface area contributed by atoms with E-state index in [1.807, 2.05) is 44.4 Å². The average Bonchev–Trinajstić information content (AvgIpc) is 3.78. The summed E-state index contributed by atoms with van der Waals surface area (Å²) in [4.78, 5) is 96.1. The van der Waals surface area contributed by atoms with Crippen molar-refractivity contribution in [1.29, 1.82) is 0 Å². The second-order valence-corrected chi connectivity index (χ2v) is 16.1. The Bertz CT molecular complexity index is 2630. The van der Waals surface area contributed by atoms with Gasteiger partial charge < -0.3 is 24.4 Å². The number of aromatic nitrogens is 4. The van der Waals surface area contributed by atoms with Crippen LogP contribution in [0.5, 0.6) is 0 Å². The molecule has 0 aliphatic carbocycles. The molecule has 0 spiro atoms. The number of nitrogens with one attached hydrogen (secondary N) is 2. The second-order valence-electron chi connectivity index (χ2n) is 16.1. The fraction of sp³-hybridized carbons (Fsp3) is 0.356. The van der Waals surface area contributed by atoms with Crippen molar-refractivity contribution >= 4 is 51.9 Å². The first-order valence-electron chi connectivity index (χ1n) is 20.6. The van der Waals surface area contributed by atoms with Crippen molar-refractivity contribution in [2.24, 2.45) is 0 Å². The molecule has 0 bridgehead atoms. The van der Waals surface area contributed by atoms with Crippen LogP contribution in [0.4, 0.5) is 5.69 Å². The zero-order valence-electron chi connectivity index (χ0n) is 34.1. The summed E-state index contributed by atoms with van der Waals surface area (Å²) >= 11 is 0. The van der Waals surface area contributed by atoms with Gasteiger partial charge in [-0.25, -0.2) is 4.98 Å². The Balaban J connectivity index is 0.858. The quantitative estimate of drug-likeness (QED) is 0.148. The van der Waals surface area contributed by atoms with Crippen LogP contribution in [0.3, 0.4) is 0 Å². The number of ether oxygens (including phenoxy) is 1. The smallest absolute Gasteiger partial charge is 0.272 e.